The number of urea groups is 1. The molecular weight excluding hydrogens is 260 g/mol. The number of ether oxygens (including phenoxy) is 1. The Kier molecular flexibility index (Phi) is 5.52. The van der Waals surface area contributed by atoms with Crippen molar-refractivity contribution in [2.75, 3.05) is 18.9 Å². The van der Waals surface area contributed by atoms with Crippen LogP contribution in [0.25, 0.3) is 0 Å². The lowest BCUT2D eigenvalue weighted by molar-refractivity contribution is -0.119. The van der Waals surface area contributed by atoms with E-state index >= 15 is 0 Å². The van der Waals surface area contributed by atoms with E-state index in [1.165, 1.54) is 31.3 Å². The molecule has 3 N–H and O–H groups in total. The van der Waals surface area contributed by atoms with E-state index in [4.69, 9.17) is 0 Å². The minimum Gasteiger partial charge on any atom is -0.435 e. The van der Waals surface area contributed by atoms with Crippen molar-refractivity contribution in [2.24, 2.45) is 0 Å². The quantitative estimate of drug-likeness (QED) is 0.753. The van der Waals surface area contributed by atoms with Gasteiger partial charge in [0.25, 0.3) is 0 Å². The van der Waals surface area contributed by atoms with Gasteiger partial charge in [-0.25, -0.2) is 4.79 Å². The Bertz CT molecular complexity index is 455. The molecule has 0 bridgehead atoms. The summed E-state index contributed by atoms with van der Waals surface area (Å²) in [7, 11) is 1.44. The number of halogens is 2. The lowest BCUT2D eigenvalue weighted by Crippen LogP contribution is -2.37. The maximum absolute atomic E-state index is 12.0. The number of carbonyl (C=O) groups is 2. The number of rotatable bonds is 5. The molecule has 0 aliphatic carbocycles. The van der Waals surface area contributed by atoms with Crippen molar-refractivity contribution < 1.29 is 23.1 Å². The second-order valence-corrected chi connectivity index (χ2v) is 3.39. The molecule has 0 saturated heterocycles. The molecule has 104 valence electrons. The van der Waals surface area contributed by atoms with E-state index in [0.717, 1.165) is 0 Å². The molecule has 0 spiro atoms. The minimum atomic E-state index is -2.93. The zero-order valence-electron chi connectivity index (χ0n) is 10.1. The molecule has 0 fully saturated rings. The summed E-state index contributed by atoms with van der Waals surface area (Å²) in [6.07, 6.45) is 0. The van der Waals surface area contributed by atoms with Crippen LogP contribution in [-0.2, 0) is 4.79 Å². The minimum absolute atomic E-state index is 0.0703. The third-order valence-corrected chi connectivity index (χ3v) is 2.01. The Hall–Kier alpha value is -2.38. The van der Waals surface area contributed by atoms with Crippen LogP contribution < -0.4 is 20.7 Å². The van der Waals surface area contributed by atoms with Gasteiger partial charge >= 0.3 is 12.6 Å². The first-order valence-corrected chi connectivity index (χ1v) is 5.31. The normalized spacial score (nSPS) is 9.89. The van der Waals surface area contributed by atoms with E-state index in [9.17, 15) is 18.4 Å². The van der Waals surface area contributed by atoms with Gasteiger partial charge in [0.1, 0.15) is 5.75 Å². The third kappa shape index (κ3) is 5.66. The molecule has 1 aromatic rings. The van der Waals surface area contributed by atoms with Crippen molar-refractivity contribution in [2.45, 2.75) is 6.61 Å². The lowest BCUT2D eigenvalue weighted by Gasteiger charge is -2.09. The van der Waals surface area contributed by atoms with Crippen LogP contribution in [0.2, 0.25) is 0 Å². The summed E-state index contributed by atoms with van der Waals surface area (Å²) in [6, 6.07) is 4.90. The molecule has 0 radical (unpaired) electrons. The van der Waals surface area contributed by atoms with Gasteiger partial charge in [0, 0.05) is 18.8 Å². The van der Waals surface area contributed by atoms with Gasteiger partial charge in [0.15, 0.2) is 0 Å². The zero-order valence-corrected chi connectivity index (χ0v) is 10.1. The summed E-state index contributed by atoms with van der Waals surface area (Å²) in [4.78, 5) is 22.3. The Balaban J connectivity index is 2.52. The molecule has 0 aromatic heterocycles. The Labute approximate surface area is 108 Å². The molecule has 8 heteroatoms. The number of hydrogen-bond donors (Lipinski definition) is 3. The summed E-state index contributed by atoms with van der Waals surface area (Å²) in [5.41, 5.74) is 0.271. The number of carbonyl (C=O) groups excluding carboxylic acids is 2. The second kappa shape index (κ2) is 7.14. The number of hydrogen-bond acceptors (Lipinski definition) is 3. The van der Waals surface area contributed by atoms with E-state index in [2.05, 4.69) is 20.7 Å². The van der Waals surface area contributed by atoms with E-state index in [1.807, 2.05) is 0 Å². The first-order valence-electron chi connectivity index (χ1n) is 5.31. The van der Waals surface area contributed by atoms with Crippen LogP contribution in [0.1, 0.15) is 0 Å². The smallest absolute Gasteiger partial charge is 0.387 e. The first-order chi connectivity index (χ1) is 9.01. The Morgan fingerprint density at radius 2 is 2.11 bits per heavy atom. The molecule has 1 rings (SSSR count). The zero-order chi connectivity index (χ0) is 14.3. The summed E-state index contributed by atoms with van der Waals surface area (Å²) in [6.45, 7) is -3.12. The monoisotopic (exact) mass is 273 g/mol. The predicted octanol–water partition coefficient (Wildman–Crippen LogP) is 1.16. The third-order valence-electron chi connectivity index (χ3n) is 2.01. The van der Waals surface area contributed by atoms with Crippen LogP contribution in [0.4, 0.5) is 19.3 Å². The van der Waals surface area contributed by atoms with Gasteiger partial charge in [-0.3, -0.25) is 4.79 Å². The predicted molar refractivity (Wildman–Crippen MR) is 64.2 cm³/mol. The van der Waals surface area contributed by atoms with Crippen LogP contribution >= 0.6 is 0 Å². The average molecular weight is 273 g/mol. The van der Waals surface area contributed by atoms with Crippen molar-refractivity contribution in [3.63, 3.8) is 0 Å². The van der Waals surface area contributed by atoms with Crippen LogP contribution in [0.3, 0.4) is 0 Å². The van der Waals surface area contributed by atoms with E-state index in [1.54, 1.807) is 0 Å². The average Bonchev–Trinajstić information content (AvgIpc) is 2.35. The second-order valence-electron chi connectivity index (χ2n) is 3.39. The fraction of sp³-hybridized carbons (Fsp3) is 0.273. The molecule has 3 amide bonds. The molecule has 0 saturated carbocycles. The topological polar surface area (TPSA) is 79.5 Å². The Morgan fingerprint density at radius 3 is 2.74 bits per heavy atom. The number of alkyl halides is 2. The van der Waals surface area contributed by atoms with Crippen molar-refractivity contribution >= 4 is 17.6 Å². The molecule has 0 aliphatic rings. The molecule has 19 heavy (non-hydrogen) atoms. The lowest BCUT2D eigenvalue weighted by atomic mass is 10.3. The molecule has 0 atom stereocenters. The van der Waals surface area contributed by atoms with Crippen molar-refractivity contribution in [3.8, 4) is 5.75 Å². The van der Waals surface area contributed by atoms with Gasteiger partial charge in [-0.15, -0.1) is 0 Å². The number of nitrogens with one attached hydrogen (secondary N) is 3. The SMILES string of the molecule is CNC(=O)CNC(=O)Nc1cccc(OC(F)F)c1. The number of likely N-dealkylation sites (N-methyl/N-ethyl adjacent to an activating group) is 1. The molecule has 0 heterocycles. The number of amides is 3. The van der Waals surface area contributed by atoms with Crippen molar-refractivity contribution in [1.29, 1.82) is 0 Å². The van der Waals surface area contributed by atoms with Crippen LogP contribution in [-0.4, -0.2) is 32.1 Å². The molecular formula is C11H13F2N3O3. The summed E-state index contributed by atoms with van der Waals surface area (Å²) < 4.78 is 28.2. The van der Waals surface area contributed by atoms with Crippen molar-refractivity contribution in [1.82, 2.24) is 10.6 Å². The van der Waals surface area contributed by atoms with Gasteiger partial charge in [-0.2, -0.15) is 8.78 Å². The van der Waals surface area contributed by atoms with Gasteiger partial charge in [0.05, 0.1) is 6.54 Å². The first kappa shape index (κ1) is 14.7. The van der Waals surface area contributed by atoms with E-state index in [-0.39, 0.29) is 23.9 Å². The number of anilines is 1. The fourth-order valence-electron chi connectivity index (χ4n) is 1.17. The highest BCUT2D eigenvalue weighted by atomic mass is 19.3. The molecule has 0 aliphatic heterocycles. The van der Waals surface area contributed by atoms with Gasteiger partial charge in [-0.1, -0.05) is 6.07 Å². The highest BCUT2D eigenvalue weighted by Crippen LogP contribution is 2.19. The van der Waals surface area contributed by atoms with Crippen molar-refractivity contribution in [3.05, 3.63) is 24.3 Å². The standard InChI is InChI=1S/C11H13F2N3O3/c1-14-9(17)6-15-11(18)16-7-3-2-4-8(5-7)19-10(12)13/h2-5,10H,6H2,1H3,(H,14,17)(H2,15,16,18). The summed E-state index contributed by atoms with van der Waals surface area (Å²) in [5.74, 6) is -0.427. The van der Waals surface area contributed by atoms with Crippen LogP contribution in [0.15, 0.2) is 24.3 Å². The summed E-state index contributed by atoms with van der Waals surface area (Å²) in [5, 5.41) is 7.00. The molecule has 1 aromatic carbocycles. The van der Waals surface area contributed by atoms with Crippen LogP contribution in [0, 0.1) is 0 Å². The van der Waals surface area contributed by atoms with Gasteiger partial charge < -0.3 is 20.7 Å². The van der Waals surface area contributed by atoms with Gasteiger partial charge in [0.2, 0.25) is 5.91 Å². The van der Waals surface area contributed by atoms with Crippen LogP contribution in [0.5, 0.6) is 5.75 Å². The van der Waals surface area contributed by atoms with E-state index in [0.29, 0.717) is 0 Å². The molecule has 0 unspecified atom stereocenters. The summed E-state index contributed by atoms with van der Waals surface area (Å²) >= 11 is 0. The Morgan fingerprint density at radius 1 is 1.37 bits per heavy atom. The largest absolute Gasteiger partial charge is 0.435 e. The highest BCUT2D eigenvalue weighted by molar-refractivity contribution is 5.92. The maximum Gasteiger partial charge on any atom is 0.387 e. The number of benzene rings is 1. The highest BCUT2D eigenvalue weighted by Gasteiger charge is 2.07. The maximum atomic E-state index is 12.0. The molecule has 6 nitrogen and oxygen atoms in total. The van der Waals surface area contributed by atoms with Gasteiger partial charge in [-0.05, 0) is 12.1 Å². The van der Waals surface area contributed by atoms with E-state index < -0.39 is 12.6 Å². The fourth-order valence-corrected chi connectivity index (χ4v) is 1.17.